The molecular weight excluding hydrogens is 508 g/mol. The summed E-state index contributed by atoms with van der Waals surface area (Å²) in [4.78, 5) is 2.45. The van der Waals surface area contributed by atoms with E-state index in [2.05, 4.69) is 25.6 Å². The molecule has 0 saturated carbocycles. The first-order chi connectivity index (χ1) is 14.4. The second-order valence-electron chi connectivity index (χ2n) is 7.05. The lowest BCUT2D eigenvalue weighted by Crippen LogP contribution is -2.34. The van der Waals surface area contributed by atoms with E-state index in [0.717, 1.165) is 37.6 Å². The van der Waals surface area contributed by atoms with Crippen LogP contribution in [-0.4, -0.2) is 54.3 Å². The lowest BCUT2D eigenvalue weighted by atomic mass is 9.98. The fourth-order valence-electron chi connectivity index (χ4n) is 3.58. The van der Waals surface area contributed by atoms with Crippen molar-refractivity contribution in [3.8, 4) is 17.2 Å². The van der Waals surface area contributed by atoms with E-state index in [1.54, 1.807) is 32.4 Å². The Morgan fingerprint density at radius 2 is 1.65 bits per heavy atom. The molecule has 0 aliphatic carbocycles. The molecule has 172 valence electrons. The van der Waals surface area contributed by atoms with Crippen LogP contribution < -0.4 is 18.9 Å². The minimum atomic E-state index is -3.65. The minimum absolute atomic E-state index is 0. The third kappa shape index (κ3) is 6.26. The molecular formula is C21H28BrClN2O5S. The van der Waals surface area contributed by atoms with Crippen molar-refractivity contribution in [2.75, 3.05) is 41.0 Å². The number of benzene rings is 2. The maximum absolute atomic E-state index is 12.7. The van der Waals surface area contributed by atoms with Crippen LogP contribution >= 0.6 is 28.3 Å². The Morgan fingerprint density at radius 1 is 1.00 bits per heavy atom. The Bertz CT molecular complexity index is 1000. The minimum Gasteiger partial charge on any atom is -0.495 e. The van der Waals surface area contributed by atoms with E-state index in [9.17, 15) is 8.42 Å². The maximum Gasteiger partial charge on any atom is 0.244 e. The number of sulfonamides is 1. The summed E-state index contributed by atoms with van der Waals surface area (Å²) >= 11 is 3.31. The second kappa shape index (κ2) is 11.4. The molecule has 1 aliphatic rings. The molecule has 3 rings (SSSR count). The number of hydrogen-bond donors (Lipinski definition) is 1. The first kappa shape index (κ1) is 25.7. The van der Waals surface area contributed by atoms with Gasteiger partial charge in [-0.3, -0.25) is 4.90 Å². The lowest BCUT2D eigenvalue weighted by Gasteiger charge is -2.29. The van der Waals surface area contributed by atoms with E-state index in [-0.39, 0.29) is 17.3 Å². The van der Waals surface area contributed by atoms with Gasteiger partial charge < -0.3 is 14.2 Å². The standard InChI is InChI=1S/C21H27BrN2O5S.ClH/c1-27-18-6-5-17(22)13-21(18)30(25,26)23-8-4-9-24-10-7-15-11-19(28-2)20(29-3)12-16(15)14-24;/h5-6,11-13,23H,4,7-10,14H2,1-3H3;1H. The van der Waals surface area contributed by atoms with Crippen LogP contribution in [-0.2, 0) is 23.0 Å². The highest BCUT2D eigenvalue weighted by Crippen LogP contribution is 2.33. The first-order valence-corrected chi connectivity index (χ1v) is 11.9. The van der Waals surface area contributed by atoms with Gasteiger partial charge >= 0.3 is 0 Å². The predicted molar refractivity (Wildman–Crippen MR) is 126 cm³/mol. The molecule has 1 N–H and O–H groups in total. The number of hydrogen-bond acceptors (Lipinski definition) is 6. The molecule has 2 aromatic rings. The van der Waals surface area contributed by atoms with Crippen LogP contribution in [0.2, 0.25) is 0 Å². The Morgan fingerprint density at radius 3 is 2.29 bits per heavy atom. The first-order valence-electron chi connectivity index (χ1n) is 9.67. The van der Waals surface area contributed by atoms with Crippen molar-refractivity contribution < 1.29 is 22.6 Å². The summed E-state index contributed by atoms with van der Waals surface area (Å²) < 4.78 is 44.7. The molecule has 0 atom stereocenters. The monoisotopic (exact) mass is 534 g/mol. The number of nitrogens with zero attached hydrogens (tertiary/aromatic N) is 1. The van der Waals surface area contributed by atoms with E-state index in [1.165, 1.54) is 18.2 Å². The number of rotatable bonds is 9. The highest BCUT2D eigenvalue weighted by molar-refractivity contribution is 9.10. The number of ether oxygens (including phenoxy) is 3. The van der Waals surface area contributed by atoms with Crippen molar-refractivity contribution in [1.82, 2.24) is 9.62 Å². The van der Waals surface area contributed by atoms with Gasteiger partial charge in [-0.25, -0.2) is 13.1 Å². The Labute approximate surface area is 198 Å². The van der Waals surface area contributed by atoms with Crippen LogP contribution in [0.1, 0.15) is 17.5 Å². The molecule has 1 heterocycles. The summed E-state index contributed by atoms with van der Waals surface area (Å²) in [5.41, 5.74) is 2.49. The number of nitrogens with one attached hydrogen (secondary N) is 1. The molecule has 0 radical (unpaired) electrons. The Kier molecular flexibility index (Phi) is 9.45. The van der Waals surface area contributed by atoms with Gasteiger partial charge in [-0.15, -0.1) is 12.4 Å². The van der Waals surface area contributed by atoms with Gasteiger partial charge in [0.2, 0.25) is 10.0 Å². The van der Waals surface area contributed by atoms with Crippen molar-refractivity contribution in [2.24, 2.45) is 0 Å². The molecule has 0 saturated heterocycles. The smallest absolute Gasteiger partial charge is 0.244 e. The van der Waals surface area contributed by atoms with E-state index < -0.39 is 10.0 Å². The lowest BCUT2D eigenvalue weighted by molar-refractivity contribution is 0.250. The van der Waals surface area contributed by atoms with E-state index in [1.807, 2.05) is 12.1 Å². The Balaban J connectivity index is 0.00000341. The SMILES string of the molecule is COc1cc2c(cc1OC)CN(CCCNS(=O)(=O)c1cc(Br)ccc1OC)CC2.Cl. The molecule has 0 spiro atoms. The summed E-state index contributed by atoms with van der Waals surface area (Å²) in [6.07, 6.45) is 1.63. The van der Waals surface area contributed by atoms with Crippen molar-refractivity contribution >= 4 is 38.4 Å². The zero-order valence-corrected chi connectivity index (χ0v) is 21.0. The molecule has 0 fully saturated rings. The second-order valence-corrected chi connectivity index (χ2v) is 9.70. The number of halogens is 2. The fraction of sp³-hybridized carbons (Fsp3) is 0.429. The van der Waals surface area contributed by atoms with Gasteiger partial charge in [0.1, 0.15) is 10.6 Å². The molecule has 0 amide bonds. The third-order valence-electron chi connectivity index (χ3n) is 5.16. The summed E-state index contributed by atoms with van der Waals surface area (Å²) in [7, 11) is 1.09. The third-order valence-corrected chi connectivity index (χ3v) is 7.13. The predicted octanol–water partition coefficient (Wildman–Crippen LogP) is 3.62. The van der Waals surface area contributed by atoms with E-state index >= 15 is 0 Å². The highest BCUT2D eigenvalue weighted by atomic mass is 79.9. The van der Waals surface area contributed by atoms with Crippen molar-refractivity contribution in [3.63, 3.8) is 0 Å². The van der Waals surface area contributed by atoms with Gasteiger partial charge in [0, 0.05) is 24.1 Å². The van der Waals surface area contributed by atoms with Crippen LogP contribution in [0.25, 0.3) is 0 Å². The van der Waals surface area contributed by atoms with Gasteiger partial charge in [-0.1, -0.05) is 15.9 Å². The number of fused-ring (bicyclic) bond motifs is 1. The van der Waals surface area contributed by atoms with Crippen LogP contribution in [0, 0.1) is 0 Å². The average molecular weight is 536 g/mol. The van der Waals surface area contributed by atoms with Gasteiger partial charge in [-0.05, 0) is 60.8 Å². The maximum atomic E-state index is 12.7. The Hall–Kier alpha value is -1.52. The summed E-state index contributed by atoms with van der Waals surface area (Å²) in [5.74, 6) is 1.80. The van der Waals surface area contributed by atoms with E-state index in [4.69, 9.17) is 14.2 Å². The summed E-state index contributed by atoms with van der Waals surface area (Å²) in [5, 5.41) is 0. The molecule has 31 heavy (non-hydrogen) atoms. The van der Waals surface area contributed by atoms with Crippen LogP contribution in [0.3, 0.4) is 0 Å². The van der Waals surface area contributed by atoms with Gasteiger partial charge in [-0.2, -0.15) is 0 Å². The number of methoxy groups -OCH3 is 3. The highest BCUT2D eigenvalue weighted by Gasteiger charge is 2.21. The molecule has 10 heteroatoms. The van der Waals surface area contributed by atoms with E-state index in [0.29, 0.717) is 23.2 Å². The summed E-state index contributed by atoms with van der Waals surface area (Å²) in [6.45, 7) is 2.88. The molecule has 0 bridgehead atoms. The summed E-state index contributed by atoms with van der Waals surface area (Å²) in [6, 6.07) is 9.00. The van der Waals surface area contributed by atoms with Crippen LogP contribution in [0.4, 0.5) is 0 Å². The van der Waals surface area contributed by atoms with Gasteiger partial charge in [0.25, 0.3) is 0 Å². The van der Waals surface area contributed by atoms with Crippen molar-refractivity contribution in [2.45, 2.75) is 24.3 Å². The zero-order chi connectivity index (χ0) is 21.7. The van der Waals surface area contributed by atoms with Crippen LogP contribution in [0.5, 0.6) is 17.2 Å². The van der Waals surface area contributed by atoms with Crippen molar-refractivity contribution in [1.29, 1.82) is 0 Å². The van der Waals surface area contributed by atoms with Gasteiger partial charge in [0.05, 0.1) is 21.3 Å². The quantitative estimate of drug-likeness (QED) is 0.494. The molecule has 7 nitrogen and oxygen atoms in total. The average Bonchev–Trinajstić information content (AvgIpc) is 2.75. The zero-order valence-electron chi connectivity index (χ0n) is 17.8. The molecule has 0 unspecified atom stereocenters. The largest absolute Gasteiger partial charge is 0.495 e. The van der Waals surface area contributed by atoms with Gasteiger partial charge in [0.15, 0.2) is 11.5 Å². The molecule has 0 aromatic heterocycles. The van der Waals surface area contributed by atoms with Crippen LogP contribution in [0.15, 0.2) is 39.7 Å². The molecule has 2 aromatic carbocycles. The fourth-order valence-corrected chi connectivity index (χ4v) is 5.36. The normalized spacial score (nSPS) is 13.8. The molecule has 1 aliphatic heterocycles. The topological polar surface area (TPSA) is 77.1 Å². The van der Waals surface area contributed by atoms with Crippen molar-refractivity contribution in [3.05, 3.63) is 45.9 Å².